The first-order valence-corrected chi connectivity index (χ1v) is 24.0. The molecule has 0 heteroatoms. The summed E-state index contributed by atoms with van der Waals surface area (Å²) in [5, 5.41) is 0. The molecule has 0 aromatic carbocycles. The molecule has 10 saturated carbocycles. The summed E-state index contributed by atoms with van der Waals surface area (Å²) in [6, 6.07) is 0. The Kier molecular flexibility index (Phi) is 9.38. The first-order valence-electron chi connectivity index (χ1n) is 24.0. The Hall–Kier alpha value is 0. The van der Waals surface area contributed by atoms with Crippen molar-refractivity contribution in [1.82, 2.24) is 0 Å². The Labute approximate surface area is 304 Å². The van der Waals surface area contributed by atoms with Crippen molar-refractivity contribution >= 4 is 0 Å². The maximum Gasteiger partial charge on any atom is -0.0292 e. The first-order chi connectivity index (χ1) is 24.0. The monoisotopic (exact) mass is 669 g/mol. The number of fused-ring (bicyclic) bond motifs is 8. The molecular formula is C49H80. The van der Waals surface area contributed by atoms with Crippen molar-refractivity contribution in [2.24, 2.45) is 112 Å². The van der Waals surface area contributed by atoms with Gasteiger partial charge in [-0.15, -0.1) is 0 Å². The van der Waals surface area contributed by atoms with Gasteiger partial charge < -0.3 is 0 Å². The van der Waals surface area contributed by atoms with Crippen LogP contribution in [0.15, 0.2) is 0 Å². The molecule has 0 saturated heterocycles. The van der Waals surface area contributed by atoms with Crippen LogP contribution in [-0.4, -0.2) is 0 Å². The molecule has 0 aliphatic heterocycles. The van der Waals surface area contributed by atoms with Crippen LogP contribution in [0.4, 0.5) is 0 Å². The van der Waals surface area contributed by atoms with E-state index in [0.29, 0.717) is 5.41 Å². The lowest BCUT2D eigenvalue weighted by molar-refractivity contribution is -0.0573. The molecule has 0 nitrogen and oxygen atoms in total. The normalized spacial score (nSPS) is 55.5. The second-order valence-corrected chi connectivity index (χ2v) is 22.8. The second kappa shape index (κ2) is 13.7. The molecule has 18 unspecified atom stereocenters. The first kappa shape index (κ1) is 33.6. The number of hydrogen-bond acceptors (Lipinski definition) is 0. The van der Waals surface area contributed by atoms with E-state index in [-0.39, 0.29) is 0 Å². The van der Waals surface area contributed by atoms with Gasteiger partial charge in [0.1, 0.15) is 0 Å². The molecule has 276 valence electrons. The quantitative estimate of drug-likeness (QED) is 0.281. The third-order valence-corrected chi connectivity index (χ3v) is 21.1. The molecule has 0 bridgehead atoms. The standard InChI is InChI=1S/C49H80/c1-49(2)47-14-8-7-13-44(47)45-24-23-37(30-48(45)49)35-21-20-32-25-34(19-18-33(32)26-35)36-17-15-31-16-22-39(28-40(31)27-36)46-29-38-9-3-4-10-41(38)42-11-5-6-12-43(42)46/h31-48H,3-30H2,1-2H3. The van der Waals surface area contributed by atoms with Gasteiger partial charge in [-0.1, -0.05) is 58.8 Å². The lowest BCUT2D eigenvalue weighted by Gasteiger charge is -2.55. The fourth-order valence-electron chi connectivity index (χ4n) is 18.9. The third kappa shape index (κ3) is 6.01. The van der Waals surface area contributed by atoms with E-state index in [1.165, 1.54) is 6.42 Å². The number of hydrogen-bond donors (Lipinski definition) is 0. The summed E-state index contributed by atoms with van der Waals surface area (Å²) >= 11 is 0. The summed E-state index contributed by atoms with van der Waals surface area (Å²) in [6.07, 6.45) is 45.1. The van der Waals surface area contributed by atoms with E-state index in [1.54, 1.807) is 173 Å². The molecule has 0 N–H and O–H groups in total. The highest BCUT2D eigenvalue weighted by Gasteiger charge is 2.57. The largest absolute Gasteiger partial charge is 0.0594 e. The van der Waals surface area contributed by atoms with E-state index in [2.05, 4.69) is 13.8 Å². The van der Waals surface area contributed by atoms with Crippen LogP contribution in [0.1, 0.15) is 194 Å². The minimum absolute atomic E-state index is 0.633. The zero-order valence-corrected chi connectivity index (χ0v) is 32.7. The van der Waals surface area contributed by atoms with Crippen LogP contribution < -0.4 is 0 Å². The predicted octanol–water partition coefficient (Wildman–Crippen LogP) is 14.2. The van der Waals surface area contributed by atoms with Gasteiger partial charge in [0.25, 0.3) is 0 Å². The molecule has 0 aromatic heterocycles. The van der Waals surface area contributed by atoms with Gasteiger partial charge in [0.2, 0.25) is 0 Å². The topological polar surface area (TPSA) is 0 Å². The van der Waals surface area contributed by atoms with E-state index < -0.39 is 0 Å². The van der Waals surface area contributed by atoms with Crippen molar-refractivity contribution in [3.63, 3.8) is 0 Å². The molecule has 10 aliphatic carbocycles. The fraction of sp³-hybridized carbons (Fsp3) is 1.00. The van der Waals surface area contributed by atoms with Gasteiger partial charge in [-0.25, -0.2) is 0 Å². The lowest BCUT2D eigenvalue weighted by atomic mass is 9.50. The molecule has 10 rings (SSSR count). The molecular weight excluding hydrogens is 589 g/mol. The smallest absolute Gasteiger partial charge is 0.0292 e. The minimum Gasteiger partial charge on any atom is -0.0594 e. The molecule has 0 radical (unpaired) electrons. The Balaban J connectivity index is 0.743. The molecule has 0 amide bonds. The second-order valence-electron chi connectivity index (χ2n) is 22.8. The molecule has 0 spiro atoms. The van der Waals surface area contributed by atoms with Crippen LogP contribution >= 0.6 is 0 Å². The summed E-state index contributed by atoms with van der Waals surface area (Å²) in [5.74, 6) is 20.0. The molecule has 18 atom stereocenters. The lowest BCUT2D eigenvalue weighted by Crippen LogP contribution is -2.47. The van der Waals surface area contributed by atoms with Gasteiger partial charge >= 0.3 is 0 Å². The average molecular weight is 669 g/mol. The van der Waals surface area contributed by atoms with Gasteiger partial charge in [0.15, 0.2) is 0 Å². The van der Waals surface area contributed by atoms with Crippen LogP contribution in [0.25, 0.3) is 0 Å². The molecule has 49 heavy (non-hydrogen) atoms. The summed E-state index contributed by atoms with van der Waals surface area (Å²) in [7, 11) is 0. The SMILES string of the molecule is CC1(C)C2CCCCC2C2CCC(C3CCC4CC(C5CCC6CCC(C7CC8CCCCC8C8CCCCC78)CC6C5)CCC4C3)CC21. The van der Waals surface area contributed by atoms with Crippen molar-refractivity contribution in [3.8, 4) is 0 Å². The van der Waals surface area contributed by atoms with Gasteiger partial charge in [-0.2, -0.15) is 0 Å². The summed E-state index contributed by atoms with van der Waals surface area (Å²) in [4.78, 5) is 0. The van der Waals surface area contributed by atoms with Crippen molar-refractivity contribution < 1.29 is 0 Å². The van der Waals surface area contributed by atoms with Gasteiger partial charge in [-0.05, 0) is 247 Å². The van der Waals surface area contributed by atoms with Gasteiger partial charge in [-0.3, -0.25) is 0 Å². The van der Waals surface area contributed by atoms with Crippen LogP contribution in [-0.2, 0) is 0 Å². The maximum atomic E-state index is 2.73. The summed E-state index contributed by atoms with van der Waals surface area (Å²) < 4.78 is 0. The minimum atomic E-state index is 0.633. The Morgan fingerprint density at radius 2 is 0.653 bits per heavy atom. The van der Waals surface area contributed by atoms with Crippen LogP contribution in [0.3, 0.4) is 0 Å². The van der Waals surface area contributed by atoms with Crippen LogP contribution in [0.5, 0.6) is 0 Å². The Bertz CT molecular complexity index is 1130. The van der Waals surface area contributed by atoms with Crippen molar-refractivity contribution in [2.45, 2.75) is 194 Å². The summed E-state index contributed by atoms with van der Waals surface area (Å²) in [6.45, 7) is 5.46. The van der Waals surface area contributed by atoms with Crippen LogP contribution in [0.2, 0.25) is 0 Å². The van der Waals surface area contributed by atoms with Crippen molar-refractivity contribution in [3.05, 3.63) is 0 Å². The highest BCUT2D eigenvalue weighted by molar-refractivity contribution is 5.06. The molecule has 10 aliphatic rings. The van der Waals surface area contributed by atoms with Gasteiger partial charge in [0, 0.05) is 0 Å². The number of rotatable bonds is 3. The maximum absolute atomic E-state index is 2.73. The van der Waals surface area contributed by atoms with E-state index in [4.69, 9.17) is 0 Å². The molecule has 0 aromatic rings. The average Bonchev–Trinajstić information content (AvgIpc) is 3.39. The summed E-state index contributed by atoms with van der Waals surface area (Å²) in [5.41, 5.74) is 0.633. The highest BCUT2D eigenvalue weighted by atomic mass is 14.6. The van der Waals surface area contributed by atoms with E-state index in [9.17, 15) is 0 Å². The van der Waals surface area contributed by atoms with E-state index in [0.717, 1.165) is 107 Å². The van der Waals surface area contributed by atoms with Gasteiger partial charge in [0.05, 0.1) is 0 Å². The van der Waals surface area contributed by atoms with E-state index >= 15 is 0 Å². The van der Waals surface area contributed by atoms with Crippen LogP contribution in [0, 0.1) is 112 Å². The van der Waals surface area contributed by atoms with E-state index in [1.807, 2.05) is 0 Å². The molecule has 10 fully saturated rings. The zero-order chi connectivity index (χ0) is 32.7. The molecule has 0 heterocycles. The fourth-order valence-corrected chi connectivity index (χ4v) is 18.9. The van der Waals surface area contributed by atoms with Crippen molar-refractivity contribution in [1.29, 1.82) is 0 Å². The Morgan fingerprint density at radius 1 is 0.245 bits per heavy atom. The predicted molar refractivity (Wildman–Crippen MR) is 206 cm³/mol. The third-order valence-electron chi connectivity index (χ3n) is 21.1. The Morgan fingerprint density at radius 3 is 1.33 bits per heavy atom. The highest BCUT2D eigenvalue weighted by Crippen LogP contribution is 2.65. The zero-order valence-electron chi connectivity index (χ0n) is 32.7. The van der Waals surface area contributed by atoms with Crippen molar-refractivity contribution in [2.75, 3.05) is 0 Å².